The van der Waals surface area contributed by atoms with Crippen LogP contribution in [0.5, 0.6) is 5.75 Å². The fourth-order valence-corrected chi connectivity index (χ4v) is 4.51. The highest BCUT2D eigenvalue weighted by Gasteiger charge is 2.21. The first kappa shape index (κ1) is 18.5. The van der Waals surface area contributed by atoms with Crippen molar-refractivity contribution in [1.82, 2.24) is 4.90 Å². The average molecular weight is 398 g/mol. The lowest BCUT2D eigenvalue weighted by Crippen LogP contribution is -2.30. The zero-order chi connectivity index (χ0) is 18.6. The van der Waals surface area contributed by atoms with Crippen LogP contribution in [0.3, 0.4) is 0 Å². The van der Waals surface area contributed by atoms with E-state index in [1.54, 1.807) is 11.3 Å². The SMILES string of the molecule is CN1CCC[C@H]1COc1ccc(-c2ccc(Cl)cc2)c(Cc2ccsc2)c1. The molecule has 4 rings (SSSR count). The van der Waals surface area contributed by atoms with Crippen molar-refractivity contribution in [3.8, 4) is 16.9 Å². The summed E-state index contributed by atoms with van der Waals surface area (Å²) >= 11 is 7.81. The minimum atomic E-state index is 0.529. The monoisotopic (exact) mass is 397 g/mol. The number of thiophene rings is 1. The van der Waals surface area contributed by atoms with Crippen LogP contribution in [0, 0.1) is 0 Å². The Bertz CT molecular complexity index is 876. The van der Waals surface area contributed by atoms with E-state index in [-0.39, 0.29) is 0 Å². The zero-order valence-electron chi connectivity index (χ0n) is 15.5. The molecule has 2 heterocycles. The molecule has 2 aromatic carbocycles. The van der Waals surface area contributed by atoms with Crippen LogP contribution in [0.25, 0.3) is 11.1 Å². The van der Waals surface area contributed by atoms with Crippen LogP contribution in [0.4, 0.5) is 0 Å². The van der Waals surface area contributed by atoms with E-state index in [2.05, 4.69) is 59.1 Å². The maximum absolute atomic E-state index is 6.17. The van der Waals surface area contributed by atoms with E-state index < -0.39 is 0 Å². The molecule has 4 heteroatoms. The molecule has 1 aromatic heterocycles. The number of hydrogen-bond donors (Lipinski definition) is 0. The number of benzene rings is 2. The quantitative estimate of drug-likeness (QED) is 0.495. The Labute approximate surface area is 170 Å². The molecule has 0 N–H and O–H groups in total. The maximum Gasteiger partial charge on any atom is 0.119 e. The highest BCUT2D eigenvalue weighted by atomic mass is 35.5. The number of hydrogen-bond acceptors (Lipinski definition) is 3. The van der Waals surface area contributed by atoms with Gasteiger partial charge in [0.25, 0.3) is 0 Å². The van der Waals surface area contributed by atoms with Gasteiger partial charge in [-0.2, -0.15) is 11.3 Å². The van der Waals surface area contributed by atoms with E-state index in [1.165, 1.54) is 41.6 Å². The molecule has 0 amide bonds. The first-order valence-electron chi connectivity index (χ1n) is 9.42. The second-order valence-electron chi connectivity index (χ2n) is 7.22. The molecule has 1 aliphatic rings. The van der Waals surface area contributed by atoms with Crippen LogP contribution in [-0.4, -0.2) is 31.1 Å². The second-order valence-corrected chi connectivity index (χ2v) is 8.44. The smallest absolute Gasteiger partial charge is 0.119 e. The van der Waals surface area contributed by atoms with Crippen LogP contribution < -0.4 is 4.74 Å². The summed E-state index contributed by atoms with van der Waals surface area (Å²) in [5.74, 6) is 0.957. The normalized spacial score (nSPS) is 17.3. The van der Waals surface area contributed by atoms with Gasteiger partial charge in [0.2, 0.25) is 0 Å². The third-order valence-corrected chi connectivity index (χ3v) is 6.30. The Balaban J connectivity index is 1.59. The van der Waals surface area contributed by atoms with Gasteiger partial charge < -0.3 is 9.64 Å². The number of rotatable bonds is 6. The molecule has 0 unspecified atom stereocenters. The van der Waals surface area contributed by atoms with Gasteiger partial charge in [0, 0.05) is 11.1 Å². The summed E-state index contributed by atoms with van der Waals surface area (Å²) in [6, 6.07) is 17.3. The first-order chi connectivity index (χ1) is 13.2. The van der Waals surface area contributed by atoms with E-state index in [0.717, 1.165) is 23.8 Å². The standard InChI is InChI=1S/C23H24ClNOS/c1-25-11-2-3-21(25)15-26-22-8-9-23(18-4-6-20(24)7-5-18)19(14-22)13-17-10-12-27-16-17/h4-10,12,14,16,21H,2-3,11,13,15H2,1H3/t21-/m0/s1. The van der Waals surface area contributed by atoms with E-state index >= 15 is 0 Å². The average Bonchev–Trinajstić information content (AvgIpc) is 3.33. The van der Waals surface area contributed by atoms with Gasteiger partial charge in [-0.25, -0.2) is 0 Å². The van der Waals surface area contributed by atoms with Crippen LogP contribution in [0.15, 0.2) is 59.3 Å². The van der Waals surface area contributed by atoms with Crippen LogP contribution in [-0.2, 0) is 6.42 Å². The number of ether oxygens (including phenoxy) is 1. The summed E-state index contributed by atoms with van der Waals surface area (Å²) < 4.78 is 6.17. The molecule has 1 aliphatic heterocycles. The highest BCUT2D eigenvalue weighted by Crippen LogP contribution is 2.31. The fraction of sp³-hybridized carbons (Fsp3) is 0.304. The van der Waals surface area contributed by atoms with Crippen molar-refractivity contribution in [2.45, 2.75) is 25.3 Å². The van der Waals surface area contributed by atoms with E-state index in [4.69, 9.17) is 16.3 Å². The molecule has 140 valence electrons. The lowest BCUT2D eigenvalue weighted by atomic mass is 9.95. The third-order valence-electron chi connectivity index (χ3n) is 5.32. The Morgan fingerprint density at radius 2 is 2.00 bits per heavy atom. The zero-order valence-corrected chi connectivity index (χ0v) is 17.1. The Morgan fingerprint density at radius 1 is 1.15 bits per heavy atom. The van der Waals surface area contributed by atoms with Gasteiger partial charge >= 0.3 is 0 Å². The van der Waals surface area contributed by atoms with Crippen LogP contribution >= 0.6 is 22.9 Å². The van der Waals surface area contributed by atoms with Crippen molar-refractivity contribution < 1.29 is 4.74 Å². The Morgan fingerprint density at radius 3 is 2.70 bits per heavy atom. The predicted molar refractivity (Wildman–Crippen MR) is 115 cm³/mol. The van der Waals surface area contributed by atoms with Gasteiger partial charge in [-0.05, 0) is 96.2 Å². The summed E-state index contributed by atoms with van der Waals surface area (Å²) in [5, 5.41) is 5.11. The van der Waals surface area contributed by atoms with Crippen molar-refractivity contribution in [3.63, 3.8) is 0 Å². The molecule has 0 bridgehead atoms. The molecule has 1 fully saturated rings. The predicted octanol–water partition coefficient (Wildman–Crippen LogP) is 6.13. The fourth-order valence-electron chi connectivity index (χ4n) is 3.71. The number of likely N-dealkylation sites (tertiary alicyclic amines) is 1. The van der Waals surface area contributed by atoms with Gasteiger partial charge in [-0.1, -0.05) is 29.8 Å². The molecule has 0 saturated carbocycles. The number of nitrogens with zero attached hydrogens (tertiary/aromatic N) is 1. The summed E-state index contributed by atoms with van der Waals surface area (Å²) in [5.41, 5.74) is 5.05. The molecule has 3 aromatic rings. The van der Waals surface area contributed by atoms with E-state index in [0.29, 0.717) is 6.04 Å². The van der Waals surface area contributed by atoms with Crippen molar-refractivity contribution in [2.75, 3.05) is 20.2 Å². The third kappa shape index (κ3) is 4.55. The molecule has 1 saturated heterocycles. The van der Waals surface area contributed by atoms with Crippen molar-refractivity contribution in [3.05, 3.63) is 75.4 Å². The highest BCUT2D eigenvalue weighted by molar-refractivity contribution is 7.07. The van der Waals surface area contributed by atoms with E-state index in [9.17, 15) is 0 Å². The lowest BCUT2D eigenvalue weighted by Gasteiger charge is -2.20. The van der Waals surface area contributed by atoms with Gasteiger partial charge in [0.15, 0.2) is 0 Å². The number of halogens is 1. The Hall–Kier alpha value is -1.81. The molecule has 2 nitrogen and oxygen atoms in total. The van der Waals surface area contributed by atoms with E-state index in [1.807, 2.05) is 12.1 Å². The second kappa shape index (κ2) is 8.47. The molecule has 0 spiro atoms. The lowest BCUT2D eigenvalue weighted by molar-refractivity contribution is 0.198. The van der Waals surface area contributed by atoms with Crippen LogP contribution in [0.1, 0.15) is 24.0 Å². The largest absolute Gasteiger partial charge is 0.492 e. The molecular formula is C23H24ClNOS. The van der Waals surface area contributed by atoms with Crippen LogP contribution in [0.2, 0.25) is 5.02 Å². The summed E-state index contributed by atoms with van der Waals surface area (Å²) in [6.07, 6.45) is 3.40. The molecule has 0 aliphatic carbocycles. The molecular weight excluding hydrogens is 374 g/mol. The van der Waals surface area contributed by atoms with Gasteiger partial charge in [-0.15, -0.1) is 0 Å². The van der Waals surface area contributed by atoms with Crippen molar-refractivity contribution >= 4 is 22.9 Å². The topological polar surface area (TPSA) is 12.5 Å². The maximum atomic E-state index is 6.17. The van der Waals surface area contributed by atoms with Gasteiger partial charge in [-0.3, -0.25) is 0 Å². The summed E-state index contributed by atoms with van der Waals surface area (Å²) in [6.45, 7) is 1.93. The minimum absolute atomic E-state index is 0.529. The molecule has 1 atom stereocenters. The van der Waals surface area contributed by atoms with Gasteiger partial charge in [0.1, 0.15) is 12.4 Å². The van der Waals surface area contributed by atoms with Gasteiger partial charge in [0.05, 0.1) is 0 Å². The molecule has 0 radical (unpaired) electrons. The Kier molecular flexibility index (Phi) is 5.82. The first-order valence-corrected chi connectivity index (χ1v) is 10.7. The summed E-state index contributed by atoms with van der Waals surface area (Å²) in [7, 11) is 2.19. The van der Waals surface area contributed by atoms with Crippen molar-refractivity contribution in [1.29, 1.82) is 0 Å². The number of likely N-dealkylation sites (N-methyl/N-ethyl adjacent to an activating group) is 1. The summed E-state index contributed by atoms with van der Waals surface area (Å²) in [4.78, 5) is 2.40. The van der Waals surface area contributed by atoms with Crippen molar-refractivity contribution in [2.24, 2.45) is 0 Å². The minimum Gasteiger partial charge on any atom is -0.492 e. The molecule has 27 heavy (non-hydrogen) atoms.